The van der Waals surface area contributed by atoms with Gasteiger partial charge in [0.05, 0.1) is 13.0 Å². The minimum Gasteiger partial charge on any atom is -0.497 e. The number of nitro groups is 1. The molecule has 110 valence electrons. The molecule has 0 spiro atoms. The minimum atomic E-state index is -1.03. The molecule has 2 N–H and O–H groups in total. The first-order valence-corrected chi connectivity index (χ1v) is 6.06. The zero-order chi connectivity index (χ0) is 15.4. The van der Waals surface area contributed by atoms with Gasteiger partial charge in [0, 0.05) is 6.42 Å². The number of imidazole rings is 1. The van der Waals surface area contributed by atoms with Gasteiger partial charge >= 0.3 is 11.8 Å². The number of carbonyl (C=O) groups is 1. The van der Waals surface area contributed by atoms with Crippen molar-refractivity contribution in [3.05, 3.63) is 52.0 Å². The number of carboxylic acid groups (broad SMARTS) is 1. The van der Waals surface area contributed by atoms with E-state index in [1.165, 1.54) is 7.11 Å². The van der Waals surface area contributed by atoms with Crippen LogP contribution in [0, 0.1) is 10.1 Å². The fourth-order valence-corrected chi connectivity index (χ4v) is 1.93. The van der Waals surface area contributed by atoms with E-state index in [0.717, 1.165) is 6.20 Å². The number of aliphatic carboxylic acids is 1. The van der Waals surface area contributed by atoms with Gasteiger partial charge in [0.25, 0.3) is 0 Å². The average molecular weight is 291 g/mol. The normalized spacial score (nSPS) is 11.9. The summed E-state index contributed by atoms with van der Waals surface area (Å²) < 4.78 is 5.02. The van der Waals surface area contributed by atoms with E-state index in [-0.39, 0.29) is 18.1 Å². The van der Waals surface area contributed by atoms with E-state index in [0.29, 0.717) is 11.3 Å². The fraction of sp³-hybridized carbons (Fsp3) is 0.231. The highest BCUT2D eigenvalue weighted by molar-refractivity contribution is 5.76. The van der Waals surface area contributed by atoms with Gasteiger partial charge in [0.1, 0.15) is 11.9 Å². The summed E-state index contributed by atoms with van der Waals surface area (Å²) in [6, 6.07) is 6.62. The van der Waals surface area contributed by atoms with Crippen molar-refractivity contribution >= 4 is 11.8 Å². The molecule has 0 aliphatic carbocycles. The van der Waals surface area contributed by atoms with E-state index in [1.807, 2.05) is 0 Å². The monoisotopic (exact) mass is 291 g/mol. The average Bonchev–Trinajstić information content (AvgIpc) is 2.93. The second kappa shape index (κ2) is 6.04. The van der Waals surface area contributed by atoms with Crippen molar-refractivity contribution in [1.82, 2.24) is 9.97 Å². The van der Waals surface area contributed by atoms with E-state index in [1.54, 1.807) is 24.3 Å². The summed E-state index contributed by atoms with van der Waals surface area (Å²) in [6.45, 7) is 0. The predicted octanol–water partition coefficient (Wildman–Crippen LogP) is 1.74. The van der Waals surface area contributed by atoms with Crippen molar-refractivity contribution in [2.45, 2.75) is 12.3 Å². The fourth-order valence-electron chi connectivity index (χ4n) is 1.93. The van der Waals surface area contributed by atoms with Gasteiger partial charge < -0.3 is 20.0 Å². The number of aromatic nitrogens is 2. The number of nitrogens with zero attached hydrogens (tertiary/aromatic N) is 2. The Bertz CT molecular complexity index is 650. The third kappa shape index (κ3) is 3.35. The lowest BCUT2D eigenvalue weighted by molar-refractivity contribution is -0.389. The predicted molar refractivity (Wildman–Crippen MR) is 72.3 cm³/mol. The van der Waals surface area contributed by atoms with Crippen molar-refractivity contribution in [3.63, 3.8) is 0 Å². The number of H-pyrrole nitrogens is 1. The molecular weight excluding hydrogens is 278 g/mol. The molecule has 0 radical (unpaired) electrons. The summed E-state index contributed by atoms with van der Waals surface area (Å²) >= 11 is 0. The Hall–Kier alpha value is -2.90. The number of hydrogen-bond donors (Lipinski definition) is 2. The molecule has 0 saturated carbocycles. The number of hydrogen-bond acceptors (Lipinski definition) is 5. The van der Waals surface area contributed by atoms with Gasteiger partial charge in [-0.05, 0) is 22.6 Å². The maximum Gasteiger partial charge on any atom is 0.340 e. The van der Waals surface area contributed by atoms with Gasteiger partial charge in [-0.25, -0.2) is 9.97 Å². The standard InChI is InChI=1S/C13H13N3O5/c1-21-9-4-2-8(3-5-9)10(13(17)18)6-11-14-7-12(15-11)16(19)20/h2-5,7,10H,6H2,1H3,(H,14,15)(H,17,18). The van der Waals surface area contributed by atoms with Gasteiger partial charge in [0.15, 0.2) is 5.82 Å². The molecule has 2 aromatic rings. The number of ether oxygens (including phenoxy) is 1. The maximum absolute atomic E-state index is 11.4. The Morgan fingerprint density at radius 2 is 2.14 bits per heavy atom. The third-order valence-corrected chi connectivity index (χ3v) is 3.03. The number of methoxy groups -OCH3 is 1. The molecule has 2 rings (SSSR count). The zero-order valence-electron chi connectivity index (χ0n) is 11.1. The molecule has 21 heavy (non-hydrogen) atoms. The van der Waals surface area contributed by atoms with Crippen LogP contribution in [-0.4, -0.2) is 33.1 Å². The second-order valence-corrected chi connectivity index (χ2v) is 4.34. The summed E-state index contributed by atoms with van der Waals surface area (Å²) in [5, 5.41) is 19.9. The Kier molecular flexibility index (Phi) is 4.17. The van der Waals surface area contributed by atoms with Crippen molar-refractivity contribution in [2.24, 2.45) is 0 Å². The van der Waals surface area contributed by atoms with E-state index >= 15 is 0 Å². The van der Waals surface area contributed by atoms with E-state index in [9.17, 15) is 20.0 Å². The van der Waals surface area contributed by atoms with Gasteiger partial charge in [-0.15, -0.1) is 0 Å². The van der Waals surface area contributed by atoms with Crippen LogP contribution in [0.3, 0.4) is 0 Å². The molecular formula is C13H13N3O5. The number of aromatic amines is 1. The van der Waals surface area contributed by atoms with E-state index < -0.39 is 16.8 Å². The Labute approximate surface area is 119 Å². The smallest absolute Gasteiger partial charge is 0.340 e. The van der Waals surface area contributed by atoms with Crippen LogP contribution >= 0.6 is 0 Å². The zero-order valence-corrected chi connectivity index (χ0v) is 11.1. The highest BCUT2D eigenvalue weighted by atomic mass is 16.6. The Morgan fingerprint density at radius 3 is 2.62 bits per heavy atom. The first kappa shape index (κ1) is 14.5. The molecule has 0 aliphatic rings. The second-order valence-electron chi connectivity index (χ2n) is 4.34. The van der Waals surface area contributed by atoms with E-state index in [4.69, 9.17) is 4.74 Å². The quantitative estimate of drug-likeness (QED) is 0.618. The molecule has 0 fully saturated rings. The highest BCUT2D eigenvalue weighted by Crippen LogP contribution is 2.23. The Morgan fingerprint density at radius 1 is 1.48 bits per heavy atom. The summed E-state index contributed by atoms with van der Waals surface area (Å²) in [4.78, 5) is 27.7. The number of rotatable bonds is 6. The maximum atomic E-state index is 11.4. The summed E-state index contributed by atoms with van der Waals surface area (Å²) in [5.41, 5.74) is 0.572. The molecule has 8 heteroatoms. The van der Waals surface area contributed by atoms with Crippen molar-refractivity contribution in [2.75, 3.05) is 7.11 Å². The van der Waals surface area contributed by atoms with Gasteiger partial charge in [-0.1, -0.05) is 12.1 Å². The molecule has 8 nitrogen and oxygen atoms in total. The number of carboxylic acids is 1. The lowest BCUT2D eigenvalue weighted by atomic mass is 9.95. The molecule has 1 aromatic carbocycles. The topological polar surface area (TPSA) is 118 Å². The van der Waals surface area contributed by atoms with Crippen molar-refractivity contribution in [3.8, 4) is 5.75 Å². The molecule has 0 saturated heterocycles. The van der Waals surface area contributed by atoms with Crippen LogP contribution in [0.15, 0.2) is 30.5 Å². The molecule has 1 atom stereocenters. The van der Waals surface area contributed by atoms with Gasteiger partial charge in [-0.3, -0.25) is 4.79 Å². The van der Waals surface area contributed by atoms with Crippen LogP contribution in [-0.2, 0) is 11.2 Å². The number of nitrogens with one attached hydrogen (secondary N) is 1. The van der Waals surface area contributed by atoms with Crippen molar-refractivity contribution < 1.29 is 19.6 Å². The minimum absolute atomic E-state index is 0.0372. The van der Waals surface area contributed by atoms with Crippen molar-refractivity contribution in [1.29, 1.82) is 0 Å². The first-order valence-electron chi connectivity index (χ1n) is 6.06. The van der Waals surface area contributed by atoms with Gasteiger partial charge in [0.2, 0.25) is 0 Å². The molecule has 1 aromatic heterocycles. The van der Waals surface area contributed by atoms with Crippen LogP contribution < -0.4 is 4.74 Å². The van der Waals surface area contributed by atoms with Gasteiger partial charge in [-0.2, -0.15) is 0 Å². The lowest BCUT2D eigenvalue weighted by Crippen LogP contribution is -2.15. The van der Waals surface area contributed by atoms with Crippen LogP contribution in [0.25, 0.3) is 0 Å². The SMILES string of the molecule is COc1ccc(C(Cc2ncc([N+](=O)[O-])[nH]2)C(=O)O)cc1. The molecule has 0 aliphatic heterocycles. The summed E-state index contributed by atoms with van der Waals surface area (Å²) in [7, 11) is 1.52. The first-order chi connectivity index (χ1) is 10.0. The van der Waals surface area contributed by atoms with Crippen LogP contribution in [0.5, 0.6) is 5.75 Å². The lowest BCUT2D eigenvalue weighted by Gasteiger charge is -2.10. The van der Waals surface area contributed by atoms with Crippen LogP contribution in [0.4, 0.5) is 5.82 Å². The highest BCUT2D eigenvalue weighted by Gasteiger charge is 2.24. The van der Waals surface area contributed by atoms with Crippen LogP contribution in [0.2, 0.25) is 0 Å². The summed E-state index contributed by atoms with van der Waals surface area (Å²) in [5.74, 6) is -1.26. The molecule has 0 bridgehead atoms. The van der Waals surface area contributed by atoms with E-state index in [2.05, 4.69) is 9.97 Å². The number of benzene rings is 1. The molecule has 1 heterocycles. The molecule has 1 unspecified atom stereocenters. The Balaban J connectivity index is 2.21. The third-order valence-electron chi connectivity index (χ3n) is 3.03. The largest absolute Gasteiger partial charge is 0.497 e. The summed E-state index contributed by atoms with van der Waals surface area (Å²) in [6.07, 6.45) is 1.11. The van der Waals surface area contributed by atoms with Crippen LogP contribution in [0.1, 0.15) is 17.3 Å². The molecule has 0 amide bonds.